The summed E-state index contributed by atoms with van der Waals surface area (Å²) in [4.78, 5) is 14.6. The SMILES string of the molecule is Cc1cc(C(C)(C)C)cc(C)c1S(=O)(=O)N1CCN(C(=O)CCc2ccco2)CC1. The molecule has 0 aliphatic carbocycles. The van der Waals surface area contributed by atoms with Crippen LogP contribution in [0.3, 0.4) is 0 Å². The van der Waals surface area contributed by atoms with E-state index >= 15 is 0 Å². The number of piperazine rings is 1. The first-order valence-electron chi connectivity index (χ1n) is 10.4. The molecule has 0 bridgehead atoms. The van der Waals surface area contributed by atoms with Crippen molar-refractivity contribution in [2.24, 2.45) is 0 Å². The van der Waals surface area contributed by atoms with Crippen LogP contribution in [-0.2, 0) is 26.7 Å². The summed E-state index contributed by atoms with van der Waals surface area (Å²) in [5.41, 5.74) is 2.64. The van der Waals surface area contributed by atoms with Gasteiger partial charge in [-0.25, -0.2) is 8.42 Å². The molecule has 1 amide bonds. The van der Waals surface area contributed by atoms with Crippen molar-refractivity contribution in [1.82, 2.24) is 9.21 Å². The van der Waals surface area contributed by atoms with E-state index < -0.39 is 10.0 Å². The molecule has 0 atom stereocenters. The number of hydrogen-bond donors (Lipinski definition) is 0. The molecule has 3 rings (SSSR count). The van der Waals surface area contributed by atoms with E-state index in [-0.39, 0.29) is 11.3 Å². The summed E-state index contributed by atoms with van der Waals surface area (Å²) in [5, 5.41) is 0. The third kappa shape index (κ3) is 4.78. The summed E-state index contributed by atoms with van der Waals surface area (Å²) in [7, 11) is -3.60. The molecule has 1 aliphatic heterocycles. The summed E-state index contributed by atoms with van der Waals surface area (Å²) >= 11 is 0. The van der Waals surface area contributed by atoms with Crippen molar-refractivity contribution in [3.8, 4) is 0 Å². The van der Waals surface area contributed by atoms with Gasteiger partial charge in [-0.3, -0.25) is 4.79 Å². The Labute approximate surface area is 179 Å². The predicted molar refractivity (Wildman–Crippen MR) is 117 cm³/mol. The van der Waals surface area contributed by atoms with Crippen LogP contribution >= 0.6 is 0 Å². The lowest BCUT2D eigenvalue weighted by molar-refractivity contribution is -0.132. The van der Waals surface area contributed by atoms with E-state index in [2.05, 4.69) is 20.8 Å². The van der Waals surface area contributed by atoms with Crippen LogP contribution in [0.15, 0.2) is 39.8 Å². The van der Waals surface area contributed by atoms with Crippen molar-refractivity contribution < 1.29 is 17.6 Å². The van der Waals surface area contributed by atoms with E-state index in [4.69, 9.17) is 4.42 Å². The van der Waals surface area contributed by atoms with E-state index in [0.29, 0.717) is 43.9 Å². The lowest BCUT2D eigenvalue weighted by Gasteiger charge is -2.35. The zero-order valence-corrected chi connectivity index (χ0v) is 19.4. The number of rotatable bonds is 5. The number of benzene rings is 1. The first-order valence-corrected chi connectivity index (χ1v) is 11.9. The lowest BCUT2D eigenvalue weighted by Crippen LogP contribution is -2.50. The van der Waals surface area contributed by atoms with Crippen LogP contribution < -0.4 is 0 Å². The largest absolute Gasteiger partial charge is 0.469 e. The Morgan fingerprint density at radius 2 is 1.67 bits per heavy atom. The maximum absolute atomic E-state index is 13.4. The van der Waals surface area contributed by atoms with Gasteiger partial charge in [-0.15, -0.1) is 0 Å². The van der Waals surface area contributed by atoms with Crippen LogP contribution in [0.25, 0.3) is 0 Å². The Balaban J connectivity index is 1.68. The Hall–Kier alpha value is -2.12. The summed E-state index contributed by atoms with van der Waals surface area (Å²) in [6, 6.07) is 7.62. The monoisotopic (exact) mass is 432 g/mol. The Morgan fingerprint density at radius 1 is 1.07 bits per heavy atom. The molecule has 30 heavy (non-hydrogen) atoms. The van der Waals surface area contributed by atoms with Crippen LogP contribution in [0.1, 0.15) is 49.6 Å². The van der Waals surface area contributed by atoms with E-state index in [1.807, 2.05) is 32.0 Å². The summed E-state index contributed by atoms with van der Waals surface area (Å²) < 4.78 is 33.5. The average molecular weight is 433 g/mol. The molecule has 6 nitrogen and oxygen atoms in total. The van der Waals surface area contributed by atoms with Gasteiger partial charge in [-0.1, -0.05) is 32.9 Å². The van der Waals surface area contributed by atoms with Gasteiger partial charge in [0.15, 0.2) is 0 Å². The molecule has 1 aliphatic rings. The molecular formula is C23H32N2O4S. The van der Waals surface area contributed by atoms with Crippen molar-refractivity contribution in [2.45, 2.75) is 57.8 Å². The fourth-order valence-corrected chi connectivity index (χ4v) is 5.77. The molecule has 164 valence electrons. The fourth-order valence-electron chi connectivity index (χ4n) is 3.94. The highest BCUT2D eigenvalue weighted by Crippen LogP contribution is 2.31. The van der Waals surface area contributed by atoms with Gasteiger partial charge in [-0.2, -0.15) is 4.31 Å². The smallest absolute Gasteiger partial charge is 0.243 e. The van der Waals surface area contributed by atoms with Gasteiger partial charge in [0.25, 0.3) is 0 Å². The number of aryl methyl sites for hydroxylation is 3. The normalized spacial score (nSPS) is 16.1. The number of furan rings is 1. The van der Waals surface area contributed by atoms with Gasteiger partial charge in [-0.05, 0) is 48.1 Å². The van der Waals surface area contributed by atoms with E-state index in [1.54, 1.807) is 17.2 Å². The van der Waals surface area contributed by atoms with Crippen molar-refractivity contribution in [3.63, 3.8) is 0 Å². The van der Waals surface area contributed by atoms with Gasteiger partial charge in [0.05, 0.1) is 11.2 Å². The topological polar surface area (TPSA) is 70.8 Å². The van der Waals surface area contributed by atoms with Crippen LogP contribution in [0.2, 0.25) is 0 Å². The number of sulfonamides is 1. The Kier molecular flexibility index (Phi) is 6.43. The first kappa shape index (κ1) is 22.6. The second kappa shape index (κ2) is 8.55. The quantitative estimate of drug-likeness (QED) is 0.723. The van der Waals surface area contributed by atoms with Gasteiger partial charge in [0.1, 0.15) is 5.76 Å². The lowest BCUT2D eigenvalue weighted by atomic mass is 9.85. The molecule has 1 aromatic carbocycles. The third-order valence-electron chi connectivity index (χ3n) is 5.68. The second-order valence-electron chi connectivity index (χ2n) is 9.05. The maximum Gasteiger partial charge on any atom is 0.243 e. The highest BCUT2D eigenvalue weighted by molar-refractivity contribution is 7.89. The minimum absolute atomic E-state index is 0.0327. The number of nitrogens with zero attached hydrogens (tertiary/aromatic N) is 2. The standard InChI is InChI=1S/C23H32N2O4S/c1-17-15-19(23(3,4)5)16-18(2)22(17)30(27,28)25-12-10-24(11-13-25)21(26)9-8-20-7-6-14-29-20/h6-7,14-16H,8-13H2,1-5H3. The fraction of sp³-hybridized carbons (Fsp3) is 0.522. The first-order chi connectivity index (χ1) is 14.0. The van der Waals surface area contributed by atoms with Crippen LogP contribution in [-0.4, -0.2) is 49.7 Å². The molecule has 0 unspecified atom stereocenters. The van der Waals surface area contributed by atoms with Crippen LogP contribution in [0.5, 0.6) is 0 Å². The summed E-state index contributed by atoms with van der Waals surface area (Å²) in [5.74, 6) is 0.819. The van der Waals surface area contributed by atoms with Gasteiger partial charge in [0, 0.05) is 39.0 Å². The molecule has 0 radical (unpaired) electrons. The number of carbonyl (C=O) groups is 1. The Morgan fingerprint density at radius 3 is 2.17 bits per heavy atom. The van der Waals surface area contributed by atoms with Gasteiger partial charge < -0.3 is 9.32 Å². The number of hydrogen-bond acceptors (Lipinski definition) is 4. The molecule has 2 heterocycles. The molecular weight excluding hydrogens is 400 g/mol. The Bertz CT molecular complexity index is 973. The summed E-state index contributed by atoms with van der Waals surface area (Å²) in [6.07, 6.45) is 2.52. The van der Waals surface area contributed by atoms with Gasteiger partial charge >= 0.3 is 0 Å². The van der Waals surface area contributed by atoms with Crippen LogP contribution in [0.4, 0.5) is 0 Å². The molecule has 1 saturated heterocycles. The molecule has 1 fully saturated rings. The third-order valence-corrected chi connectivity index (χ3v) is 7.89. The molecule has 0 spiro atoms. The molecule has 2 aromatic rings. The highest BCUT2D eigenvalue weighted by Gasteiger charge is 2.32. The second-order valence-corrected chi connectivity index (χ2v) is 10.9. The predicted octanol–water partition coefficient (Wildman–Crippen LogP) is 3.66. The van der Waals surface area contributed by atoms with Gasteiger partial charge in [0.2, 0.25) is 15.9 Å². The minimum atomic E-state index is -3.60. The van der Waals surface area contributed by atoms with E-state index in [9.17, 15) is 13.2 Å². The zero-order valence-electron chi connectivity index (χ0n) is 18.6. The molecule has 0 N–H and O–H groups in total. The number of amides is 1. The van der Waals surface area contributed by atoms with E-state index in [1.165, 1.54) is 4.31 Å². The molecule has 7 heteroatoms. The van der Waals surface area contributed by atoms with E-state index in [0.717, 1.165) is 22.5 Å². The van der Waals surface area contributed by atoms with Crippen molar-refractivity contribution in [2.75, 3.05) is 26.2 Å². The zero-order chi connectivity index (χ0) is 22.1. The summed E-state index contributed by atoms with van der Waals surface area (Å²) in [6.45, 7) is 11.5. The van der Waals surface area contributed by atoms with Crippen molar-refractivity contribution >= 4 is 15.9 Å². The molecule has 1 aromatic heterocycles. The van der Waals surface area contributed by atoms with Crippen molar-refractivity contribution in [1.29, 1.82) is 0 Å². The maximum atomic E-state index is 13.4. The van der Waals surface area contributed by atoms with Crippen LogP contribution in [0, 0.1) is 13.8 Å². The van der Waals surface area contributed by atoms with Crippen molar-refractivity contribution in [3.05, 3.63) is 53.0 Å². The number of carbonyl (C=O) groups excluding carboxylic acids is 1. The average Bonchev–Trinajstić information content (AvgIpc) is 3.18. The molecule has 0 saturated carbocycles. The highest BCUT2D eigenvalue weighted by atomic mass is 32.2. The minimum Gasteiger partial charge on any atom is -0.469 e.